The number of carbonyl (C=O) groups excluding carboxylic acids is 3. The number of hydrogen-bond donors (Lipinski definition) is 2. The molecule has 2 heterocycles. The first kappa shape index (κ1) is 21.3. The first-order chi connectivity index (χ1) is 15.0. The lowest BCUT2D eigenvalue weighted by Crippen LogP contribution is -2.44. The van der Waals surface area contributed by atoms with Gasteiger partial charge in [-0.1, -0.05) is 35.9 Å². The minimum atomic E-state index is -0.345. The molecule has 2 aromatic rings. The van der Waals surface area contributed by atoms with E-state index in [0.29, 0.717) is 40.5 Å². The van der Waals surface area contributed by atoms with Crippen molar-refractivity contribution in [3.63, 3.8) is 0 Å². The number of anilines is 1. The summed E-state index contributed by atoms with van der Waals surface area (Å²) in [6, 6.07) is 12.4. The first-order valence-electron chi connectivity index (χ1n) is 10.4. The van der Waals surface area contributed by atoms with Gasteiger partial charge in [0.15, 0.2) is 0 Å². The van der Waals surface area contributed by atoms with Crippen molar-refractivity contribution in [1.29, 1.82) is 0 Å². The van der Waals surface area contributed by atoms with E-state index in [4.69, 9.17) is 16.7 Å². The van der Waals surface area contributed by atoms with Gasteiger partial charge in [-0.05, 0) is 36.6 Å². The van der Waals surface area contributed by atoms with Crippen LogP contribution in [0, 0.1) is 5.92 Å². The molecule has 0 bridgehead atoms. The zero-order chi connectivity index (χ0) is 22.0. The van der Waals surface area contributed by atoms with Gasteiger partial charge in [0.25, 0.3) is 11.8 Å². The van der Waals surface area contributed by atoms with Crippen LogP contribution >= 0.6 is 11.6 Å². The minimum absolute atomic E-state index is 0.103. The molecule has 3 amide bonds. The lowest BCUT2D eigenvalue weighted by Gasteiger charge is -2.34. The molecular weight excluding hydrogens is 418 g/mol. The number of fused-ring (bicyclic) bond motifs is 1. The summed E-state index contributed by atoms with van der Waals surface area (Å²) in [7, 11) is 0. The Morgan fingerprint density at radius 3 is 2.71 bits per heavy atom. The van der Waals surface area contributed by atoms with Crippen molar-refractivity contribution in [3.05, 3.63) is 64.2 Å². The van der Waals surface area contributed by atoms with Gasteiger partial charge in [0.2, 0.25) is 5.91 Å². The fraction of sp³-hybridized carbons (Fsp3) is 0.348. The van der Waals surface area contributed by atoms with Gasteiger partial charge in [0.05, 0.1) is 35.9 Å². The Balaban J connectivity index is 1.59. The molecule has 8 heteroatoms. The van der Waals surface area contributed by atoms with Crippen molar-refractivity contribution in [2.45, 2.75) is 19.4 Å². The lowest BCUT2D eigenvalue weighted by atomic mass is 9.95. The topological polar surface area (TPSA) is 89.9 Å². The highest BCUT2D eigenvalue weighted by Crippen LogP contribution is 2.35. The molecule has 2 aliphatic rings. The highest BCUT2D eigenvalue weighted by molar-refractivity contribution is 6.31. The summed E-state index contributed by atoms with van der Waals surface area (Å²) in [5.74, 6) is -1.02. The average molecular weight is 442 g/mol. The Morgan fingerprint density at radius 1 is 1.13 bits per heavy atom. The Bertz CT molecular complexity index is 1030. The fourth-order valence-corrected chi connectivity index (χ4v) is 4.45. The molecule has 4 rings (SSSR count). The number of nitrogens with one attached hydrogen (secondary N) is 1. The highest BCUT2D eigenvalue weighted by atomic mass is 35.5. The van der Waals surface area contributed by atoms with E-state index in [-0.39, 0.29) is 43.3 Å². The van der Waals surface area contributed by atoms with E-state index in [1.54, 1.807) is 30.3 Å². The number of piperidine rings is 1. The van der Waals surface area contributed by atoms with Crippen molar-refractivity contribution in [2.75, 3.05) is 31.1 Å². The maximum absolute atomic E-state index is 13.3. The van der Waals surface area contributed by atoms with E-state index in [1.165, 1.54) is 4.90 Å². The molecule has 31 heavy (non-hydrogen) atoms. The largest absolute Gasteiger partial charge is 0.395 e. The highest BCUT2D eigenvalue weighted by Gasteiger charge is 2.39. The molecule has 2 aromatic carbocycles. The van der Waals surface area contributed by atoms with Crippen LogP contribution in [0.1, 0.15) is 39.1 Å². The van der Waals surface area contributed by atoms with Crippen LogP contribution in [0.2, 0.25) is 5.02 Å². The number of amides is 3. The number of halogens is 1. The molecule has 0 aromatic heterocycles. The number of imide groups is 1. The normalized spacial score (nSPS) is 18.3. The number of aliphatic hydroxyl groups is 1. The Hall–Kier alpha value is -2.90. The van der Waals surface area contributed by atoms with Gasteiger partial charge < -0.3 is 15.3 Å². The van der Waals surface area contributed by atoms with E-state index in [2.05, 4.69) is 5.32 Å². The Kier molecular flexibility index (Phi) is 6.25. The van der Waals surface area contributed by atoms with Crippen LogP contribution in [0.4, 0.5) is 5.69 Å². The first-order valence-corrected chi connectivity index (χ1v) is 10.7. The predicted molar refractivity (Wildman–Crippen MR) is 117 cm³/mol. The van der Waals surface area contributed by atoms with Gasteiger partial charge in [-0.2, -0.15) is 0 Å². The predicted octanol–water partition coefficient (Wildman–Crippen LogP) is 2.46. The second-order valence-corrected chi connectivity index (χ2v) is 8.19. The third-order valence-electron chi connectivity index (χ3n) is 5.81. The maximum atomic E-state index is 13.3. The number of benzene rings is 2. The fourth-order valence-electron chi connectivity index (χ4n) is 4.25. The second kappa shape index (κ2) is 9.08. The number of aliphatic hydroxyl groups excluding tert-OH is 1. The van der Waals surface area contributed by atoms with Gasteiger partial charge in [-0.25, -0.2) is 0 Å². The number of carbonyl (C=O) groups is 3. The molecule has 1 unspecified atom stereocenters. The molecule has 0 aliphatic carbocycles. The molecule has 0 saturated carbocycles. The molecule has 1 fully saturated rings. The summed E-state index contributed by atoms with van der Waals surface area (Å²) in [5.41, 5.74) is 2.15. The van der Waals surface area contributed by atoms with Gasteiger partial charge in [-0.15, -0.1) is 0 Å². The third kappa shape index (κ3) is 4.16. The van der Waals surface area contributed by atoms with Crippen LogP contribution in [-0.4, -0.2) is 54.0 Å². The minimum Gasteiger partial charge on any atom is -0.395 e. The van der Waals surface area contributed by atoms with E-state index in [0.717, 1.165) is 12.8 Å². The van der Waals surface area contributed by atoms with Crippen LogP contribution < -0.4 is 10.2 Å². The maximum Gasteiger partial charge on any atom is 0.263 e. The van der Waals surface area contributed by atoms with Crippen molar-refractivity contribution in [2.24, 2.45) is 5.92 Å². The van der Waals surface area contributed by atoms with Crippen LogP contribution in [-0.2, 0) is 11.3 Å². The zero-order valence-electron chi connectivity index (χ0n) is 17.0. The zero-order valence-corrected chi connectivity index (χ0v) is 17.8. The van der Waals surface area contributed by atoms with Crippen LogP contribution in [0.25, 0.3) is 0 Å². The van der Waals surface area contributed by atoms with E-state index in [1.807, 2.05) is 17.0 Å². The molecule has 0 radical (unpaired) electrons. The standard InChI is InChI=1S/C23H24ClN3O4/c24-18-8-2-1-5-15(18)14-27-22(30)17-7-3-9-19(20(17)23(27)31)26-11-4-6-16(13-26)21(29)25-10-12-28/h1-3,5,7-9,16,28H,4,6,10-14H2,(H,25,29). The molecule has 162 valence electrons. The molecule has 0 spiro atoms. The van der Waals surface area contributed by atoms with E-state index < -0.39 is 0 Å². The van der Waals surface area contributed by atoms with Crippen molar-refractivity contribution in [3.8, 4) is 0 Å². The number of rotatable bonds is 6. The lowest BCUT2D eigenvalue weighted by molar-refractivity contribution is -0.125. The average Bonchev–Trinajstić information content (AvgIpc) is 3.04. The molecule has 7 nitrogen and oxygen atoms in total. The second-order valence-electron chi connectivity index (χ2n) is 7.79. The molecule has 2 aliphatic heterocycles. The number of nitrogens with zero attached hydrogens (tertiary/aromatic N) is 2. The molecular formula is C23H24ClN3O4. The van der Waals surface area contributed by atoms with Crippen molar-refractivity contribution >= 4 is 35.0 Å². The molecule has 1 atom stereocenters. The Labute approximate surface area is 185 Å². The van der Waals surface area contributed by atoms with E-state index in [9.17, 15) is 14.4 Å². The summed E-state index contributed by atoms with van der Waals surface area (Å²) < 4.78 is 0. The van der Waals surface area contributed by atoms with Gasteiger partial charge in [0.1, 0.15) is 0 Å². The van der Waals surface area contributed by atoms with Crippen molar-refractivity contribution < 1.29 is 19.5 Å². The summed E-state index contributed by atoms with van der Waals surface area (Å²) in [5, 5.41) is 12.2. The van der Waals surface area contributed by atoms with Crippen LogP contribution in [0.3, 0.4) is 0 Å². The molecule has 1 saturated heterocycles. The Morgan fingerprint density at radius 2 is 1.94 bits per heavy atom. The van der Waals surface area contributed by atoms with Gasteiger partial charge >= 0.3 is 0 Å². The van der Waals surface area contributed by atoms with Crippen molar-refractivity contribution in [1.82, 2.24) is 10.2 Å². The van der Waals surface area contributed by atoms with E-state index >= 15 is 0 Å². The third-order valence-corrected chi connectivity index (χ3v) is 6.18. The van der Waals surface area contributed by atoms with Gasteiger partial charge in [0, 0.05) is 24.7 Å². The number of hydrogen-bond acceptors (Lipinski definition) is 5. The summed E-state index contributed by atoms with van der Waals surface area (Å²) in [6.07, 6.45) is 1.54. The summed E-state index contributed by atoms with van der Waals surface area (Å²) in [4.78, 5) is 41.9. The smallest absolute Gasteiger partial charge is 0.263 e. The van der Waals surface area contributed by atoms with Crippen LogP contribution in [0.5, 0.6) is 0 Å². The summed E-state index contributed by atoms with van der Waals surface area (Å²) >= 11 is 6.23. The SMILES string of the molecule is O=C(NCCO)C1CCCN(c2cccc3c2C(=O)N(Cc2ccccc2Cl)C3=O)C1. The van der Waals surface area contributed by atoms with Crippen LogP contribution in [0.15, 0.2) is 42.5 Å². The monoisotopic (exact) mass is 441 g/mol. The molecule has 2 N–H and O–H groups in total. The van der Waals surface area contributed by atoms with Gasteiger partial charge in [-0.3, -0.25) is 19.3 Å². The summed E-state index contributed by atoms with van der Waals surface area (Å²) in [6.45, 7) is 1.38. The quantitative estimate of drug-likeness (QED) is 0.672.